The molecule has 0 aliphatic carbocycles. The van der Waals surface area contributed by atoms with Gasteiger partial charge in [-0.25, -0.2) is 13.4 Å². The first-order chi connectivity index (χ1) is 9.77. The van der Waals surface area contributed by atoms with Crippen LogP contribution in [0.1, 0.15) is 43.7 Å². The molecule has 0 spiro atoms. The van der Waals surface area contributed by atoms with Crippen LogP contribution in [-0.4, -0.2) is 28.2 Å². The van der Waals surface area contributed by atoms with E-state index in [9.17, 15) is 8.42 Å². The first kappa shape index (κ1) is 14.6. The van der Waals surface area contributed by atoms with Crippen molar-refractivity contribution in [3.63, 3.8) is 0 Å². The maximum Gasteiger partial charge on any atom is 0.212 e. The summed E-state index contributed by atoms with van der Waals surface area (Å²) in [5.74, 6) is 1.28. The summed E-state index contributed by atoms with van der Waals surface area (Å²) in [5, 5.41) is 8.07. The van der Waals surface area contributed by atoms with Crippen molar-refractivity contribution in [1.82, 2.24) is 19.7 Å². The van der Waals surface area contributed by atoms with Crippen molar-refractivity contribution in [2.45, 2.75) is 55.7 Å². The van der Waals surface area contributed by atoms with E-state index in [-0.39, 0.29) is 15.5 Å². The van der Waals surface area contributed by atoms with Gasteiger partial charge in [0.1, 0.15) is 17.4 Å². The highest BCUT2D eigenvalue weighted by Crippen LogP contribution is 2.31. The minimum absolute atomic E-state index is 0.0957. The zero-order valence-electron chi connectivity index (χ0n) is 12.3. The third-order valence-electron chi connectivity index (χ3n) is 3.49. The lowest BCUT2D eigenvalue weighted by molar-refractivity contribution is 0.589. The second kappa shape index (κ2) is 4.88. The molecule has 114 valence electrons. The highest BCUT2D eigenvalue weighted by atomic mass is 32.2. The van der Waals surface area contributed by atoms with Gasteiger partial charge in [-0.1, -0.05) is 20.8 Å². The van der Waals surface area contributed by atoms with E-state index in [1.165, 1.54) is 11.3 Å². The molecule has 8 heteroatoms. The maximum atomic E-state index is 12.5. The lowest BCUT2D eigenvalue weighted by atomic mass is 9.96. The predicted molar refractivity (Wildman–Crippen MR) is 80.0 cm³/mol. The van der Waals surface area contributed by atoms with E-state index in [0.717, 1.165) is 30.1 Å². The standard InChI is InChI=1S/C13H18N4O2S2/c1-13(2,3)9-7-14-12(20-9)21(18,19)8-11-16-15-10-5-4-6-17(10)11/h7H,4-6,8H2,1-3H3. The Kier molecular flexibility index (Phi) is 3.40. The summed E-state index contributed by atoms with van der Waals surface area (Å²) in [6.45, 7) is 6.94. The number of fused-ring (bicyclic) bond motifs is 1. The van der Waals surface area contributed by atoms with Crippen LogP contribution in [-0.2, 0) is 34.0 Å². The van der Waals surface area contributed by atoms with Gasteiger partial charge in [-0.3, -0.25) is 0 Å². The van der Waals surface area contributed by atoms with E-state index in [1.807, 2.05) is 25.3 Å². The molecular weight excluding hydrogens is 308 g/mol. The smallest absolute Gasteiger partial charge is 0.212 e. The van der Waals surface area contributed by atoms with Gasteiger partial charge in [-0.2, -0.15) is 0 Å². The van der Waals surface area contributed by atoms with Gasteiger partial charge < -0.3 is 4.57 Å². The van der Waals surface area contributed by atoms with E-state index < -0.39 is 9.84 Å². The van der Waals surface area contributed by atoms with Crippen LogP contribution in [0.4, 0.5) is 0 Å². The van der Waals surface area contributed by atoms with Gasteiger partial charge in [0.05, 0.1) is 0 Å². The van der Waals surface area contributed by atoms with Crippen molar-refractivity contribution in [2.75, 3.05) is 0 Å². The van der Waals surface area contributed by atoms with E-state index in [1.54, 1.807) is 6.20 Å². The molecule has 0 atom stereocenters. The molecule has 0 radical (unpaired) electrons. The lowest BCUT2D eigenvalue weighted by Gasteiger charge is -2.14. The molecule has 6 nitrogen and oxygen atoms in total. The largest absolute Gasteiger partial charge is 0.314 e. The molecule has 0 aromatic carbocycles. The molecule has 3 heterocycles. The zero-order valence-corrected chi connectivity index (χ0v) is 14.0. The molecule has 0 saturated heterocycles. The summed E-state index contributed by atoms with van der Waals surface area (Å²) in [6, 6.07) is 0. The minimum Gasteiger partial charge on any atom is -0.314 e. The molecule has 0 amide bonds. The molecule has 0 saturated carbocycles. The molecule has 3 rings (SSSR count). The van der Waals surface area contributed by atoms with Crippen LogP contribution < -0.4 is 0 Å². The van der Waals surface area contributed by atoms with Gasteiger partial charge in [-0.05, 0) is 11.8 Å². The van der Waals surface area contributed by atoms with E-state index in [0.29, 0.717) is 5.82 Å². The fourth-order valence-electron chi connectivity index (χ4n) is 2.30. The van der Waals surface area contributed by atoms with E-state index >= 15 is 0 Å². The van der Waals surface area contributed by atoms with Crippen molar-refractivity contribution >= 4 is 21.2 Å². The molecule has 0 bridgehead atoms. The van der Waals surface area contributed by atoms with Crippen molar-refractivity contribution in [1.29, 1.82) is 0 Å². The Morgan fingerprint density at radius 1 is 1.33 bits per heavy atom. The number of aromatic nitrogens is 4. The fraction of sp³-hybridized carbons (Fsp3) is 0.615. The highest BCUT2D eigenvalue weighted by Gasteiger charge is 2.27. The first-order valence-electron chi connectivity index (χ1n) is 6.87. The van der Waals surface area contributed by atoms with Crippen LogP contribution in [0.2, 0.25) is 0 Å². The Morgan fingerprint density at radius 3 is 2.76 bits per heavy atom. The van der Waals surface area contributed by atoms with Gasteiger partial charge in [0.15, 0.2) is 0 Å². The predicted octanol–water partition coefficient (Wildman–Crippen LogP) is 1.95. The van der Waals surface area contributed by atoms with Crippen LogP contribution >= 0.6 is 11.3 Å². The lowest BCUT2D eigenvalue weighted by Crippen LogP contribution is -2.10. The number of thiazole rings is 1. The zero-order chi connectivity index (χ0) is 15.3. The van der Waals surface area contributed by atoms with Gasteiger partial charge in [-0.15, -0.1) is 21.5 Å². The molecule has 0 unspecified atom stereocenters. The monoisotopic (exact) mass is 326 g/mol. The molecule has 1 aliphatic heterocycles. The van der Waals surface area contributed by atoms with Crippen LogP contribution in [0.5, 0.6) is 0 Å². The summed E-state index contributed by atoms with van der Waals surface area (Å²) in [7, 11) is -3.46. The summed E-state index contributed by atoms with van der Waals surface area (Å²) in [5.41, 5.74) is -0.0957. The second-order valence-corrected chi connectivity index (χ2v) is 9.48. The summed E-state index contributed by atoms with van der Waals surface area (Å²) in [4.78, 5) is 5.07. The SMILES string of the molecule is CC(C)(C)c1cnc(S(=O)(=O)Cc2nnc3n2CCC3)s1. The molecule has 2 aromatic heterocycles. The van der Waals surface area contributed by atoms with Gasteiger partial charge in [0, 0.05) is 24.0 Å². The highest BCUT2D eigenvalue weighted by molar-refractivity contribution is 7.92. The third kappa shape index (κ3) is 2.74. The molecule has 2 aromatic rings. The maximum absolute atomic E-state index is 12.5. The minimum atomic E-state index is -3.46. The van der Waals surface area contributed by atoms with E-state index in [4.69, 9.17) is 0 Å². The second-order valence-electron chi connectivity index (χ2n) is 6.29. The van der Waals surface area contributed by atoms with Gasteiger partial charge in [0.25, 0.3) is 0 Å². The summed E-state index contributed by atoms with van der Waals surface area (Å²) >= 11 is 1.25. The van der Waals surface area contributed by atoms with Crippen molar-refractivity contribution < 1.29 is 8.42 Å². The van der Waals surface area contributed by atoms with Crippen molar-refractivity contribution in [2.24, 2.45) is 0 Å². The number of sulfone groups is 1. The Hall–Kier alpha value is -1.28. The summed E-state index contributed by atoms with van der Waals surface area (Å²) < 4.78 is 27.1. The number of aryl methyl sites for hydroxylation is 1. The van der Waals surface area contributed by atoms with E-state index in [2.05, 4.69) is 15.2 Å². The number of rotatable bonds is 3. The molecule has 21 heavy (non-hydrogen) atoms. The Morgan fingerprint density at radius 2 is 2.10 bits per heavy atom. The van der Waals surface area contributed by atoms with Crippen molar-refractivity contribution in [3.05, 3.63) is 22.7 Å². The van der Waals surface area contributed by atoms with Crippen molar-refractivity contribution in [3.8, 4) is 0 Å². The normalized spacial score (nSPS) is 15.4. The average Bonchev–Trinajstić information content (AvgIpc) is 3.03. The first-order valence-corrected chi connectivity index (χ1v) is 9.34. The Bertz CT molecular complexity index is 768. The number of hydrogen-bond acceptors (Lipinski definition) is 6. The molecular formula is C13H18N4O2S2. The number of nitrogens with zero attached hydrogens (tertiary/aromatic N) is 4. The fourth-order valence-corrected chi connectivity index (χ4v) is 4.85. The molecule has 1 aliphatic rings. The van der Waals surface area contributed by atoms with Gasteiger partial charge >= 0.3 is 0 Å². The quantitative estimate of drug-likeness (QED) is 0.861. The third-order valence-corrected chi connectivity index (χ3v) is 7.00. The van der Waals surface area contributed by atoms with Gasteiger partial charge in [0.2, 0.25) is 14.2 Å². The summed E-state index contributed by atoms with van der Waals surface area (Å²) in [6.07, 6.45) is 3.54. The van der Waals surface area contributed by atoms with Crippen LogP contribution in [0.15, 0.2) is 10.5 Å². The average molecular weight is 326 g/mol. The Labute approximate surface area is 128 Å². The van der Waals surface area contributed by atoms with Crippen LogP contribution in [0, 0.1) is 0 Å². The number of hydrogen-bond donors (Lipinski definition) is 0. The molecule has 0 N–H and O–H groups in total. The molecule has 0 fully saturated rings. The topological polar surface area (TPSA) is 77.7 Å². The van der Waals surface area contributed by atoms with Crippen LogP contribution in [0.25, 0.3) is 0 Å². The van der Waals surface area contributed by atoms with Crippen LogP contribution in [0.3, 0.4) is 0 Å². The Balaban J connectivity index is 1.89.